The molecule has 1 saturated heterocycles. The maximum Gasteiger partial charge on any atom is 0.321 e. The number of morpholine rings is 1. The number of hydrogen-bond acceptors (Lipinski definition) is 5. The van der Waals surface area contributed by atoms with Gasteiger partial charge in [0.25, 0.3) is 0 Å². The number of rotatable bonds is 4. The first-order chi connectivity index (χ1) is 11.1. The summed E-state index contributed by atoms with van der Waals surface area (Å²) in [5, 5.41) is 6.31. The van der Waals surface area contributed by atoms with Gasteiger partial charge in [0.15, 0.2) is 5.13 Å². The van der Waals surface area contributed by atoms with Gasteiger partial charge in [-0.05, 0) is 26.0 Å². The van der Waals surface area contributed by atoms with Crippen LogP contribution in [-0.4, -0.2) is 54.3 Å². The van der Waals surface area contributed by atoms with E-state index in [0.717, 1.165) is 29.9 Å². The van der Waals surface area contributed by atoms with Gasteiger partial charge >= 0.3 is 6.03 Å². The Hall–Kier alpha value is -1.70. The van der Waals surface area contributed by atoms with Crippen molar-refractivity contribution in [1.82, 2.24) is 15.2 Å². The van der Waals surface area contributed by atoms with Gasteiger partial charge in [0.05, 0.1) is 22.4 Å². The van der Waals surface area contributed by atoms with Crippen molar-refractivity contribution in [2.75, 3.05) is 31.5 Å². The fourth-order valence-electron chi connectivity index (χ4n) is 2.86. The molecule has 0 unspecified atom stereocenters. The predicted molar refractivity (Wildman–Crippen MR) is 93.1 cm³/mol. The number of hydrogen-bond donors (Lipinski definition) is 2. The number of urea groups is 1. The Morgan fingerprint density at radius 3 is 2.83 bits per heavy atom. The highest BCUT2D eigenvalue weighted by molar-refractivity contribution is 7.22. The smallest absolute Gasteiger partial charge is 0.321 e. The number of thiazole rings is 1. The molecule has 0 radical (unpaired) electrons. The fraction of sp³-hybridized carbons (Fsp3) is 0.500. The van der Waals surface area contributed by atoms with Crippen molar-refractivity contribution < 1.29 is 9.53 Å². The Balaban J connectivity index is 1.44. The van der Waals surface area contributed by atoms with Crippen LogP contribution in [0.1, 0.15) is 13.8 Å². The second-order valence-electron chi connectivity index (χ2n) is 5.88. The zero-order chi connectivity index (χ0) is 16.2. The van der Waals surface area contributed by atoms with E-state index in [9.17, 15) is 4.79 Å². The van der Waals surface area contributed by atoms with Crippen molar-refractivity contribution >= 4 is 32.7 Å². The fourth-order valence-corrected chi connectivity index (χ4v) is 3.72. The first-order valence-electron chi connectivity index (χ1n) is 7.88. The molecule has 0 saturated carbocycles. The van der Waals surface area contributed by atoms with Crippen molar-refractivity contribution in [3.8, 4) is 0 Å². The molecular weight excluding hydrogens is 312 g/mol. The number of ether oxygens (including phenoxy) is 1. The van der Waals surface area contributed by atoms with E-state index in [0.29, 0.717) is 11.7 Å². The van der Waals surface area contributed by atoms with E-state index in [1.54, 1.807) is 0 Å². The van der Waals surface area contributed by atoms with Gasteiger partial charge < -0.3 is 10.1 Å². The lowest BCUT2D eigenvalue weighted by Crippen LogP contribution is -2.48. The topological polar surface area (TPSA) is 66.5 Å². The molecule has 2 heterocycles. The molecule has 0 bridgehead atoms. The lowest BCUT2D eigenvalue weighted by Gasteiger charge is -2.35. The van der Waals surface area contributed by atoms with Crippen LogP contribution in [0.4, 0.5) is 9.93 Å². The highest BCUT2D eigenvalue weighted by Crippen LogP contribution is 2.25. The summed E-state index contributed by atoms with van der Waals surface area (Å²) in [6, 6.07) is 7.63. The van der Waals surface area contributed by atoms with Crippen LogP contribution in [0.15, 0.2) is 24.3 Å². The summed E-state index contributed by atoms with van der Waals surface area (Å²) in [7, 11) is 0. The zero-order valence-corrected chi connectivity index (χ0v) is 14.2. The summed E-state index contributed by atoms with van der Waals surface area (Å²) >= 11 is 1.48. The van der Waals surface area contributed by atoms with Gasteiger partial charge in [0, 0.05) is 26.2 Å². The maximum absolute atomic E-state index is 12.0. The van der Waals surface area contributed by atoms with Crippen LogP contribution in [0.3, 0.4) is 0 Å². The Labute approximate surface area is 139 Å². The number of nitrogens with zero attached hydrogens (tertiary/aromatic N) is 2. The summed E-state index contributed by atoms with van der Waals surface area (Å²) in [5.41, 5.74) is 0.907. The second-order valence-corrected chi connectivity index (χ2v) is 6.92. The molecule has 2 N–H and O–H groups in total. The molecule has 2 amide bonds. The number of carbonyl (C=O) groups is 1. The van der Waals surface area contributed by atoms with E-state index < -0.39 is 0 Å². The summed E-state index contributed by atoms with van der Waals surface area (Å²) in [5.74, 6) is 0. The Morgan fingerprint density at radius 2 is 2.09 bits per heavy atom. The van der Waals surface area contributed by atoms with E-state index in [1.807, 2.05) is 24.3 Å². The third kappa shape index (κ3) is 4.40. The number of amides is 2. The van der Waals surface area contributed by atoms with Crippen LogP contribution in [0.2, 0.25) is 0 Å². The molecule has 1 aromatic heterocycles. The molecule has 0 aliphatic carbocycles. The number of para-hydroxylation sites is 1. The van der Waals surface area contributed by atoms with Gasteiger partial charge in [0.2, 0.25) is 0 Å². The average molecular weight is 334 g/mol. The quantitative estimate of drug-likeness (QED) is 0.902. The Bertz CT molecular complexity index is 632. The van der Waals surface area contributed by atoms with Crippen molar-refractivity contribution in [3.05, 3.63) is 24.3 Å². The van der Waals surface area contributed by atoms with Gasteiger partial charge in [0.1, 0.15) is 0 Å². The van der Waals surface area contributed by atoms with E-state index in [-0.39, 0.29) is 18.2 Å². The number of fused-ring (bicyclic) bond motifs is 1. The molecule has 1 aliphatic rings. The lowest BCUT2D eigenvalue weighted by molar-refractivity contribution is -0.0672. The minimum atomic E-state index is -0.210. The van der Waals surface area contributed by atoms with Gasteiger partial charge in [-0.3, -0.25) is 10.2 Å². The molecule has 2 atom stereocenters. The van der Waals surface area contributed by atoms with Crippen LogP contribution >= 0.6 is 11.3 Å². The molecule has 124 valence electrons. The third-order valence-electron chi connectivity index (χ3n) is 3.72. The number of nitrogens with one attached hydrogen (secondary N) is 2. The van der Waals surface area contributed by atoms with Gasteiger partial charge in [-0.15, -0.1) is 0 Å². The van der Waals surface area contributed by atoms with Crippen molar-refractivity contribution in [1.29, 1.82) is 0 Å². The number of carbonyl (C=O) groups excluding carboxylic acids is 1. The van der Waals surface area contributed by atoms with Crippen molar-refractivity contribution in [2.24, 2.45) is 0 Å². The molecule has 7 heteroatoms. The number of aromatic nitrogens is 1. The lowest BCUT2D eigenvalue weighted by atomic mass is 10.2. The number of anilines is 1. The maximum atomic E-state index is 12.0. The average Bonchev–Trinajstić information content (AvgIpc) is 2.88. The molecule has 23 heavy (non-hydrogen) atoms. The van der Waals surface area contributed by atoms with E-state index >= 15 is 0 Å². The summed E-state index contributed by atoms with van der Waals surface area (Å²) < 4.78 is 6.77. The molecule has 6 nitrogen and oxygen atoms in total. The van der Waals surface area contributed by atoms with Crippen LogP contribution in [0, 0.1) is 0 Å². The SMILES string of the molecule is C[C@@H]1CN(CCNC(=O)Nc2nc3ccccc3s2)C[C@H](C)O1. The summed E-state index contributed by atoms with van der Waals surface area (Å²) in [6.07, 6.45) is 0.491. The predicted octanol–water partition coefficient (Wildman–Crippen LogP) is 2.53. The molecular formula is C16H22N4O2S. The molecule has 1 aromatic carbocycles. The Morgan fingerprint density at radius 1 is 1.35 bits per heavy atom. The zero-order valence-electron chi connectivity index (χ0n) is 13.4. The highest BCUT2D eigenvalue weighted by Gasteiger charge is 2.21. The van der Waals surface area contributed by atoms with E-state index in [2.05, 4.69) is 34.4 Å². The van der Waals surface area contributed by atoms with Gasteiger partial charge in [-0.2, -0.15) is 0 Å². The van der Waals surface area contributed by atoms with Crippen LogP contribution < -0.4 is 10.6 Å². The first-order valence-corrected chi connectivity index (χ1v) is 8.70. The Kier molecular flexibility index (Phi) is 5.09. The normalized spacial score (nSPS) is 22.2. The van der Waals surface area contributed by atoms with Crippen molar-refractivity contribution in [2.45, 2.75) is 26.1 Å². The largest absolute Gasteiger partial charge is 0.373 e. The van der Waals surface area contributed by atoms with Crippen LogP contribution in [0.25, 0.3) is 10.2 Å². The minimum Gasteiger partial charge on any atom is -0.373 e. The van der Waals surface area contributed by atoms with Gasteiger partial charge in [-0.25, -0.2) is 9.78 Å². The van der Waals surface area contributed by atoms with Gasteiger partial charge in [-0.1, -0.05) is 23.5 Å². The molecule has 1 aliphatic heterocycles. The molecule has 3 rings (SSSR count). The monoisotopic (exact) mass is 334 g/mol. The van der Waals surface area contributed by atoms with E-state index in [1.165, 1.54) is 11.3 Å². The first kappa shape index (κ1) is 16.2. The van der Waals surface area contributed by atoms with Crippen molar-refractivity contribution in [3.63, 3.8) is 0 Å². The second kappa shape index (κ2) is 7.25. The summed E-state index contributed by atoms with van der Waals surface area (Å²) in [4.78, 5) is 18.7. The van der Waals surface area contributed by atoms with Crippen LogP contribution in [-0.2, 0) is 4.74 Å². The molecule has 0 spiro atoms. The highest BCUT2D eigenvalue weighted by atomic mass is 32.1. The number of benzene rings is 1. The van der Waals surface area contributed by atoms with Crippen LogP contribution in [0.5, 0.6) is 0 Å². The standard InChI is InChI=1S/C16H22N4O2S/c1-11-9-20(10-12(2)22-11)8-7-17-15(21)19-16-18-13-5-3-4-6-14(13)23-16/h3-6,11-12H,7-10H2,1-2H3,(H2,17,18,19,21)/t11-,12+. The molecule has 1 fully saturated rings. The van der Waals surface area contributed by atoms with E-state index in [4.69, 9.17) is 4.74 Å². The minimum absolute atomic E-state index is 0.210. The molecule has 2 aromatic rings. The summed E-state index contributed by atoms with van der Waals surface area (Å²) in [6.45, 7) is 7.41. The third-order valence-corrected chi connectivity index (χ3v) is 4.68.